The van der Waals surface area contributed by atoms with Crippen molar-refractivity contribution in [2.75, 3.05) is 13.2 Å². The maximum absolute atomic E-state index is 5.74. The molecule has 1 aromatic heterocycles. The first kappa shape index (κ1) is 13.4. The number of rotatable bonds is 2. The fraction of sp³-hybridized carbons (Fsp3) is 0.222. The van der Waals surface area contributed by atoms with Gasteiger partial charge >= 0.3 is 0 Å². The number of nitrogens with one attached hydrogen (secondary N) is 2. The Morgan fingerprint density at radius 1 is 1.09 bits per heavy atom. The van der Waals surface area contributed by atoms with Crippen LogP contribution in [0.5, 0.6) is 5.75 Å². The number of aromatic nitrogens is 1. The molecular weight excluding hydrogens is 274 g/mol. The van der Waals surface area contributed by atoms with E-state index < -0.39 is 0 Å². The first-order valence-corrected chi connectivity index (χ1v) is 7.62. The number of aromatic amines is 1. The maximum Gasteiger partial charge on any atom is 0.123 e. The molecule has 4 rings (SSSR count). The smallest absolute Gasteiger partial charge is 0.123 e. The summed E-state index contributed by atoms with van der Waals surface area (Å²) < 4.78 is 5.74. The summed E-state index contributed by atoms with van der Waals surface area (Å²) in [5.74, 6) is 0.982. The molecule has 0 unspecified atom stereocenters. The van der Waals surface area contributed by atoms with E-state index in [4.69, 9.17) is 10.5 Å². The first-order valence-electron chi connectivity index (χ1n) is 7.62. The van der Waals surface area contributed by atoms with E-state index in [1.165, 1.54) is 16.5 Å². The van der Waals surface area contributed by atoms with Crippen LogP contribution in [0, 0.1) is 0 Å². The first-order chi connectivity index (χ1) is 10.8. The van der Waals surface area contributed by atoms with Crippen LogP contribution >= 0.6 is 0 Å². The van der Waals surface area contributed by atoms with Gasteiger partial charge in [-0.3, -0.25) is 0 Å². The molecule has 4 heteroatoms. The van der Waals surface area contributed by atoms with E-state index in [0.29, 0.717) is 6.54 Å². The van der Waals surface area contributed by atoms with Crippen LogP contribution in [0.4, 0.5) is 0 Å². The molecular formula is C18H19N3O. The summed E-state index contributed by atoms with van der Waals surface area (Å²) >= 11 is 0. The van der Waals surface area contributed by atoms with Gasteiger partial charge < -0.3 is 20.8 Å². The molecule has 4 nitrogen and oxygen atoms in total. The number of hydrogen-bond acceptors (Lipinski definition) is 3. The van der Waals surface area contributed by atoms with Crippen molar-refractivity contribution in [1.29, 1.82) is 0 Å². The highest BCUT2D eigenvalue weighted by Crippen LogP contribution is 2.29. The lowest BCUT2D eigenvalue weighted by atomic mass is 10.1. The van der Waals surface area contributed by atoms with E-state index in [-0.39, 0.29) is 0 Å². The van der Waals surface area contributed by atoms with Crippen molar-refractivity contribution in [1.82, 2.24) is 10.3 Å². The lowest BCUT2D eigenvalue weighted by molar-refractivity contribution is 0.326. The van der Waals surface area contributed by atoms with Crippen molar-refractivity contribution in [3.8, 4) is 17.0 Å². The van der Waals surface area contributed by atoms with E-state index in [2.05, 4.69) is 52.8 Å². The van der Waals surface area contributed by atoms with Gasteiger partial charge in [-0.2, -0.15) is 0 Å². The van der Waals surface area contributed by atoms with Gasteiger partial charge in [-0.25, -0.2) is 0 Å². The Balaban J connectivity index is 1.76. The van der Waals surface area contributed by atoms with E-state index in [9.17, 15) is 0 Å². The summed E-state index contributed by atoms with van der Waals surface area (Å²) in [4.78, 5) is 3.48. The van der Waals surface area contributed by atoms with Gasteiger partial charge in [0.2, 0.25) is 0 Å². The van der Waals surface area contributed by atoms with Gasteiger partial charge in [0.1, 0.15) is 12.4 Å². The molecule has 0 aliphatic carbocycles. The van der Waals surface area contributed by atoms with Crippen molar-refractivity contribution >= 4 is 10.9 Å². The van der Waals surface area contributed by atoms with Gasteiger partial charge in [-0.1, -0.05) is 6.07 Å². The third-order valence-corrected chi connectivity index (χ3v) is 4.14. The van der Waals surface area contributed by atoms with Gasteiger partial charge in [0.25, 0.3) is 0 Å². The van der Waals surface area contributed by atoms with E-state index >= 15 is 0 Å². The molecule has 3 aromatic rings. The third-order valence-electron chi connectivity index (χ3n) is 4.14. The van der Waals surface area contributed by atoms with Crippen LogP contribution in [-0.4, -0.2) is 18.1 Å². The molecule has 0 radical (unpaired) electrons. The lowest BCUT2D eigenvalue weighted by Crippen LogP contribution is -2.16. The second-order valence-electron chi connectivity index (χ2n) is 5.66. The standard InChI is InChI=1S/C18H19N3O/c19-10-12-1-3-16-14(7-12)9-17(21-16)13-2-4-18-15(8-13)11-20-5-6-22-18/h1-4,7-9,20-21H,5-6,10-11,19H2. The predicted molar refractivity (Wildman–Crippen MR) is 88.8 cm³/mol. The number of hydrogen-bond donors (Lipinski definition) is 3. The monoisotopic (exact) mass is 293 g/mol. The molecule has 0 spiro atoms. The van der Waals surface area contributed by atoms with Crippen LogP contribution in [0.15, 0.2) is 42.5 Å². The van der Waals surface area contributed by atoms with Crippen molar-refractivity contribution in [2.45, 2.75) is 13.1 Å². The van der Waals surface area contributed by atoms with Crippen LogP contribution in [-0.2, 0) is 13.1 Å². The van der Waals surface area contributed by atoms with Gasteiger partial charge in [-0.05, 0) is 47.5 Å². The number of ether oxygens (including phenoxy) is 1. The molecule has 0 bridgehead atoms. The van der Waals surface area contributed by atoms with E-state index in [0.717, 1.165) is 42.2 Å². The van der Waals surface area contributed by atoms with Crippen LogP contribution in [0.25, 0.3) is 22.2 Å². The zero-order chi connectivity index (χ0) is 14.9. The van der Waals surface area contributed by atoms with E-state index in [1.807, 2.05) is 0 Å². The Morgan fingerprint density at radius 3 is 2.95 bits per heavy atom. The Hall–Kier alpha value is -2.30. The summed E-state index contributed by atoms with van der Waals surface area (Å²) in [5.41, 5.74) is 11.5. The predicted octanol–water partition coefficient (Wildman–Crippen LogP) is 2.78. The zero-order valence-corrected chi connectivity index (χ0v) is 12.4. The van der Waals surface area contributed by atoms with Crippen LogP contribution < -0.4 is 15.8 Å². The average molecular weight is 293 g/mol. The quantitative estimate of drug-likeness (QED) is 0.681. The Morgan fingerprint density at radius 2 is 2.05 bits per heavy atom. The van der Waals surface area contributed by atoms with Gasteiger partial charge in [-0.15, -0.1) is 0 Å². The van der Waals surface area contributed by atoms with Crippen molar-refractivity contribution in [2.24, 2.45) is 5.73 Å². The summed E-state index contributed by atoms with van der Waals surface area (Å²) in [6.45, 7) is 3.03. The summed E-state index contributed by atoms with van der Waals surface area (Å²) in [6, 6.07) is 14.9. The highest BCUT2D eigenvalue weighted by atomic mass is 16.5. The zero-order valence-electron chi connectivity index (χ0n) is 12.4. The third kappa shape index (κ3) is 2.36. The molecule has 1 aliphatic heterocycles. The van der Waals surface area contributed by atoms with Crippen molar-refractivity contribution in [3.05, 3.63) is 53.6 Å². The fourth-order valence-electron chi connectivity index (χ4n) is 2.95. The summed E-state index contributed by atoms with van der Waals surface area (Å²) in [6.07, 6.45) is 0. The van der Waals surface area contributed by atoms with Crippen LogP contribution in [0.3, 0.4) is 0 Å². The SMILES string of the molecule is NCc1ccc2[nH]c(-c3ccc4c(c3)CNCCO4)cc2c1. The Kier molecular flexibility index (Phi) is 3.33. The molecule has 0 atom stereocenters. The number of nitrogens with two attached hydrogens (primary N) is 1. The minimum absolute atomic E-state index is 0.568. The van der Waals surface area contributed by atoms with Crippen LogP contribution in [0.2, 0.25) is 0 Å². The van der Waals surface area contributed by atoms with Crippen LogP contribution in [0.1, 0.15) is 11.1 Å². The molecule has 4 N–H and O–H groups in total. The van der Waals surface area contributed by atoms with Crippen molar-refractivity contribution < 1.29 is 4.74 Å². The second-order valence-corrected chi connectivity index (χ2v) is 5.66. The molecule has 1 aliphatic rings. The lowest BCUT2D eigenvalue weighted by Gasteiger charge is -2.08. The molecule has 0 amide bonds. The molecule has 2 heterocycles. The fourth-order valence-corrected chi connectivity index (χ4v) is 2.95. The Bertz CT molecular complexity index is 822. The molecule has 0 fully saturated rings. The Labute approximate surface area is 129 Å². The summed E-state index contributed by atoms with van der Waals surface area (Å²) in [7, 11) is 0. The number of fused-ring (bicyclic) bond motifs is 2. The number of H-pyrrole nitrogens is 1. The molecule has 112 valence electrons. The largest absolute Gasteiger partial charge is 0.492 e. The average Bonchev–Trinajstić information content (AvgIpc) is 2.84. The molecule has 2 aromatic carbocycles. The van der Waals surface area contributed by atoms with Gasteiger partial charge in [0, 0.05) is 41.8 Å². The van der Waals surface area contributed by atoms with Gasteiger partial charge in [0.15, 0.2) is 0 Å². The minimum atomic E-state index is 0.568. The summed E-state index contributed by atoms with van der Waals surface area (Å²) in [5, 5.41) is 4.57. The van der Waals surface area contributed by atoms with Crippen molar-refractivity contribution in [3.63, 3.8) is 0 Å². The van der Waals surface area contributed by atoms with E-state index in [1.54, 1.807) is 0 Å². The highest BCUT2D eigenvalue weighted by Gasteiger charge is 2.11. The normalized spacial score (nSPS) is 14.4. The van der Waals surface area contributed by atoms with Gasteiger partial charge in [0.05, 0.1) is 0 Å². The highest BCUT2D eigenvalue weighted by molar-refractivity contribution is 5.86. The second kappa shape index (κ2) is 5.48. The molecule has 22 heavy (non-hydrogen) atoms. The topological polar surface area (TPSA) is 63.1 Å². The maximum atomic E-state index is 5.74. The molecule has 0 saturated carbocycles. The molecule has 0 saturated heterocycles. The number of benzene rings is 2. The minimum Gasteiger partial charge on any atom is -0.492 e.